The lowest BCUT2D eigenvalue weighted by atomic mass is 9.67. The van der Waals surface area contributed by atoms with Gasteiger partial charge >= 0.3 is 0 Å². The van der Waals surface area contributed by atoms with Crippen LogP contribution in [0.1, 0.15) is 43.4 Å². The van der Waals surface area contributed by atoms with E-state index in [0.717, 1.165) is 30.0 Å². The monoisotopic (exact) mass is 318 g/mol. The third-order valence-corrected chi connectivity index (χ3v) is 5.33. The molecule has 0 amide bonds. The van der Waals surface area contributed by atoms with Crippen molar-refractivity contribution >= 4 is 16.5 Å². The largest absolute Gasteiger partial charge is 0.493 e. The van der Waals surface area contributed by atoms with Gasteiger partial charge in [-0.1, -0.05) is 25.3 Å². The second-order valence-electron chi connectivity index (χ2n) is 5.78. The van der Waals surface area contributed by atoms with Crippen LogP contribution in [0.4, 0.5) is 5.13 Å². The van der Waals surface area contributed by atoms with E-state index < -0.39 is 0 Å². The number of nitrogens with zero attached hydrogens (tertiary/aromatic N) is 1. The van der Waals surface area contributed by atoms with Crippen molar-refractivity contribution in [3.05, 3.63) is 34.8 Å². The minimum atomic E-state index is -0.0497. The Bertz CT molecular complexity index is 648. The van der Waals surface area contributed by atoms with Gasteiger partial charge in [-0.2, -0.15) is 0 Å². The molecule has 0 unspecified atom stereocenters. The van der Waals surface area contributed by atoms with Crippen molar-refractivity contribution in [2.24, 2.45) is 0 Å². The van der Waals surface area contributed by atoms with Crippen LogP contribution in [0.25, 0.3) is 0 Å². The van der Waals surface area contributed by atoms with Crippen molar-refractivity contribution in [2.75, 3.05) is 20.0 Å². The fraction of sp³-hybridized carbons (Fsp3) is 0.471. The molecule has 1 aliphatic rings. The Morgan fingerprint density at radius 3 is 2.41 bits per heavy atom. The summed E-state index contributed by atoms with van der Waals surface area (Å²) in [5.74, 6) is 1.53. The predicted octanol–water partition coefficient (Wildman–Crippen LogP) is 3.99. The number of nitrogens with two attached hydrogens (primary N) is 1. The lowest BCUT2D eigenvalue weighted by Gasteiger charge is -2.37. The summed E-state index contributed by atoms with van der Waals surface area (Å²) in [4.78, 5) is 4.61. The number of rotatable bonds is 4. The zero-order valence-electron chi connectivity index (χ0n) is 13.1. The van der Waals surface area contributed by atoms with E-state index >= 15 is 0 Å². The number of ether oxygens (including phenoxy) is 2. The highest BCUT2D eigenvalue weighted by Gasteiger charge is 2.38. The van der Waals surface area contributed by atoms with Gasteiger partial charge in [-0.15, -0.1) is 11.3 Å². The van der Waals surface area contributed by atoms with E-state index in [4.69, 9.17) is 15.2 Å². The molecule has 0 saturated heterocycles. The Balaban J connectivity index is 2.10. The molecule has 2 N–H and O–H groups in total. The molecular weight excluding hydrogens is 296 g/mol. The van der Waals surface area contributed by atoms with Gasteiger partial charge < -0.3 is 15.2 Å². The third-order valence-electron chi connectivity index (χ3n) is 4.66. The smallest absolute Gasteiger partial charge is 0.180 e. The highest BCUT2D eigenvalue weighted by molar-refractivity contribution is 7.13. The van der Waals surface area contributed by atoms with E-state index in [1.54, 1.807) is 14.2 Å². The lowest BCUT2D eigenvalue weighted by Crippen LogP contribution is -2.31. The van der Waals surface area contributed by atoms with E-state index in [-0.39, 0.29) is 5.41 Å². The van der Waals surface area contributed by atoms with Crippen LogP contribution in [0, 0.1) is 0 Å². The van der Waals surface area contributed by atoms with Crippen molar-refractivity contribution in [3.8, 4) is 11.5 Å². The minimum absolute atomic E-state index is 0.0497. The first kappa shape index (κ1) is 15.2. The first-order valence-electron chi connectivity index (χ1n) is 7.63. The molecular formula is C17H22N2O2S. The average Bonchev–Trinajstić information content (AvgIpc) is 3.01. The molecule has 118 valence electrons. The number of aromatic nitrogens is 1. The molecule has 0 radical (unpaired) electrons. The average molecular weight is 318 g/mol. The molecule has 0 bridgehead atoms. The Hall–Kier alpha value is -1.75. The number of methoxy groups -OCH3 is 2. The second-order valence-corrected chi connectivity index (χ2v) is 6.67. The Kier molecular flexibility index (Phi) is 4.25. The normalized spacial score (nSPS) is 17.2. The lowest BCUT2D eigenvalue weighted by molar-refractivity contribution is 0.332. The molecule has 1 fully saturated rings. The molecule has 22 heavy (non-hydrogen) atoms. The van der Waals surface area contributed by atoms with Gasteiger partial charge in [0.15, 0.2) is 16.6 Å². The standard InChI is InChI=1S/C17H22N2O2S/c1-20-13-7-6-12(10-14(13)21-2)17(8-4-3-5-9-17)15-11-22-16(18)19-15/h6-7,10-11H,3-5,8-9H2,1-2H3,(H2,18,19). The molecule has 1 heterocycles. The molecule has 0 spiro atoms. The molecule has 5 heteroatoms. The van der Waals surface area contributed by atoms with E-state index in [2.05, 4.69) is 22.5 Å². The van der Waals surface area contributed by atoms with Crippen LogP contribution < -0.4 is 15.2 Å². The number of hydrogen-bond donors (Lipinski definition) is 1. The van der Waals surface area contributed by atoms with Crippen molar-refractivity contribution in [1.29, 1.82) is 0 Å². The first-order valence-corrected chi connectivity index (χ1v) is 8.51. The summed E-state index contributed by atoms with van der Waals surface area (Å²) in [5.41, 5.74) is 8.18. The quantitative estimate of drug-likeness (QED) is 0.926. The van der Waals surface area contributed by atoms with Gasteiger partial charge in [-0.25, -0.2) is 4.98 Å². The summed E-state index contributed by atoms with van der Waals surface area (Å²) in [6, 6.07) is 6.22. The van der Waals surface area contributed by atoms with Crippen LogP contribution in [0.2, 0.25) is 0 Å². The van der Waals surface area contributed by atoms with Crippen LogP contribution in [0.3, 0.4) is 0 Å². The minimum Gasteiger partial charge on any atom is -0.493 e. The summed E-state index contributed by atoms with van der Waals surface area (Å²) in [6.45, 7) is 0. The van der Waals surface area contributed by atoms with Crippen LogP contribution in [-0.4, -0.2) is 19.2 Å². The maximum absolute atomic E-state index is 5.89. The maximum Gasteiger partial charge on any atom is 0.180 e. The Morgan fingerprint density at radius 1 is 1.09 bits per heavy atom. The van der Waals surface area contributed by atoms with Gasteiger partial charge in [-0.3, -0.25) is 0 Å². The van der Waals surface area contributed by atoms with Gasteiger partial charge in [0.05, 0.1) is 19.9 Å². The number of thiazole rings is 1. The van der Waals surface area contributed by atoms with Gasteiger partial charge in [0.25, 0.3) is 0 Å². The SMILES string of the molecule is COc1ccc(C2(c3csc(N)n3)CCCCC2)cc1OC. The van der Waals surface area contributed by atoms with Gasteiger partial charge in [0, 0.05) is 10.8 Å². The van der Waals surface area contributed by atoms with E-state index in [1.165, 1.54) is 36.2 Å². The summed E-state index contributed by atoms with van der Waals surface area (Å²) in [7, 11) is 3.34. The fourth-order valence-electron chi connectivity index (χ4n) is 3.49. The molecule has 1 aromatic carbocycles. The van der Waals surface area contributed by atoms with Crippen LogP contribution in [-0.2, 0) is 5.41 Å². The molecule has 1 aliphatic carbocycles. The molecule has 3 rings (SSSR count). The molecule has 1 saturated carbocycles. The Labute approximate surface area is 135 Å². The summed E-state index contributed by atoms with van der Waals surface area (Å²) in [6.07, 6.45) is 5.92. The number of hydrogen-bond acceptors (Lipinski definition) is 5. The van der Waals surface area contributed by atoms with Crippen molar-refractivity contribution < 1.29 is 9.47 Å². The van der Waals surface area contributed by atoms with E-state index in [0.29, 0.717) is 5.13 Å². The van der Waals surface area contributed by atoms with E-state index in [1.807, 2.05) is 6.07 Å². The summed E-state index contributed by atoms with van der Waals surface area (Å²) >= 11 is 1.52. The predicted molar refractivity (Wildman–Crippen MR) is 89.9 cm³/mol. The van der Waals surface area contributed by atoms with Crippen LogP contribution >= 0.6 is 11.3 Å². The van der Waals surface area contributed by atoms with Gasteiger partial charge in [0.2, 0.25) is 0 Å². The van der Waals surface area contributed by atoms with Gasteiger partial charge in [-0.05, 0) is 30.5 Å². The second kappa shape index (κ2) is 6.16. The van der Waals surface area contributed by atoms with Crippen molar-refractivity contribution in [2.45, 2.75) is 37.5 Å². The molecule has 2 aromatic rings. The Morgan fingerprint density at radius 2 is 1.82 bits per heavy atom. The zero-order valence-corrected chi connectivity index (χ0v) is 13.9. The fourth-order valence-corrected chi connectivity index (χ4v) is 4.15. The third kappa shape index (κ3) is 2.54. The number of nitrogen functional groups attached to an aromatic ring is 1. The van der Waals surface area contributed by atoms with Crippen molar-refractivity contribution in [3.63, 3.8) is 0 Å². The van der Waals surface area contributed by atoms with Crippen LogP contribution in [0.5, 0.6) is 11.5 Å². The molecule has 0 aliphatic heterocycles. The number of benzene rings is 1. The summed E-state index contributed by atoms with van der Waals surface area (Å²) < 4.78 is 10.8. The van der Waals surface area contributed by atoms with Crippen molar-refractivity contribution in [1.82, 2.24) is 4.98 Å². The summed E-state index contributed by atoms with van der Waals surface area (Å²) in [5, 5.41) is 2.75. The highest BCUT2D eigenvalue weighted by atomic mass is 32.1. The number of anilines is 1. The molecule has 4 nitrogen and oxygen atoms in total. The topological polar surface area (TPSA) is 57.4 Å². The van der Waals surface area contributed by atoms with Gasteiger partial charge in [0.1, 0.15) is 0 Å². The zero-order chi connectivity index (χ0) is 15.6. The molecule has 1 aromatic heterocycles. The van der Waals surface area contributed by atoms with E-state index in [9.17, 15) is 0 Å². The molecule has 0 atom stereocenters. The highest BCUT2D eigenvalue weighted by Crippen LogP contribution is 2.47. The maximum atomic E-state index is 5.89. The first-order chi connectivity index (χ1) is 10.7. The van der Waals surface area contributed by atoms with Crippen LogP contribution in [0.15, 0.2) is 23.6 Å².